The highest BCUT2D eigenvalue weighted by molar-refractivity contribution is 7.92. The van der Waals surface area contributed by atoms with Crippen molar-refractivity contribution in [1.29, 1.82) is 5.26 Å². The normalized spacial score (nSPS) is 12.9. The minimum absolute atomic E-state index is 0.0568. The van der Waals surface area contributed by atoms with E-state index >= 15 is 0 Å². The van der Waals surface area contributed by atoms with Crippen LogP contribution in [0, 0.1) is 11.3 Å². The van der Waals surface area contributed by atoms with Gasteiger partial charge in [-0.25, -0.2) is 8.42 Å². The predicted octanol–water partition coefficient (Wildman–Crippen LogP) is 0.657. The summed E-state index contributed by atoms with van der Waals surface area (Å²) in [6.07, 6.45) is 0.389. The lowest BCUT2D eigenvalue weighted by Crippen LogP contribution is -2.24. The molecule has 0 fully saturated rings. The van der Waals surface area contributed by atoms with E-state index in [-0.39, 0.29) is 18.6 Å². The molecule has 0 saturated carbocycles. The molecule has 0 saturated heterocycles. The molecule has 0 aromatic heterocycles. The number of esters is 1. The van der Waals surface area contributed by atoms with Crippen molar-refractivity contribution in [2.45, 2.75) is 31.4 Å². The second kappa shape index (κ2) is 6.40. The first-order valence-electron chi connectivity index (χ1n) is 4.59. The number of carbonyl (C=O) groups is 1. The first-order chi connectivity index (χ1) is 6.94. The van der Waals surface area contributed by atoms with Gasteiger partial charge in [0.1, 0.15) is 0 Å². The minimum atomic E-state index is -3.29. The van der Waals surface area contributed by atoms with Crippen LogP contribution < -0.4 is 0 Å². The topological polar surface area (TPSA) is 84.2 Å². The van der Waals surface area contributed by atoms with Crippen LogP contribution in [0.3, 0.4) is 0 Å². The van der Waals surface area contributed by atoms with Crippen molar-refractivity contribution in [1.82, 2.24) is 0 Å². The van der Waals surface area contributed by atoms with Gasteiger partial charge < -0.3 is 4.74 Å². The molecule has 0 rings (SSSR count). The van der Waals surface area contributed by atoms with Crippen molar-refractivity contribution in [2.24, 2.45) is 0 Å². The van der Waals surface area contributed by atoms with E-state index in [4.69, 9.17) is 5.26 Å². The second-order valence-corrected chi connectivity index (χ2v) is 5.76. The number of ether oxygens (including phenoxy) is 1. The van der Waals surface area contributed by atoms with Gasteiger partial charge in [0.2, 0.25) is 0 Å². The lowest BCUT2D eigenvalue weighted by molar-refractivity contribution is -0.140. The zero-order valence-corrected chi connectivity index (χ0v) is 9.71. The van der Waals surface area contributed by atoms with Gasteiger partial charge in [0.15, 0.2) is 9.84 Å². The summed E-state index contributed by atoms with van der Waals surface area (Å²) in [6.45, 7) is 1.47. The molecule has 0 amide bonds. The van der Waals surface area contributed by atoms with Gasteiger partial charge in [-0.3, -0.25) is 4.79 Å². The van der Waals surface area contributed by atoms with Crippen molar-refractivity contribution >= 4 is 15.8 Å². The summed E-state index contributed by atoms with van der Waals surface area (Å²) in [4.78, 5) is 10.9. The third-order valence-electron chi connectivity index (χ3n) is 2.01. The number of unbranched alkanes of at least 4 members (excludes halogenated alkanes) is 1. The SMILES string of the molecule is COC(=O)CC(C)S(=O)(=O)CCCC#N. The Morgan fingerprint density at radius 2 is 2.13 bits per heavy atom. The standard InChI is InChI=1S/C9H15NO4S/c1-8(7-9(11)14-2)15(12,13)6-4-3-5-10/h8H,3-4,6-7H2,1-2H3. The molecule has 1 atom stereocenters. The molecular weight excluding hydrogens is 218 g/mol. The summed E-state index contributed by atoms with van der Waals surface area (Å²) in [5.74, 6) is -0.593. The quantitative estimate of drug-likeness (QED) is 0.497. The van der Waals surface area contributed by atoms with Crippen LogP contribution in [0.4, 0.5) is 0 Å². The fourth-order valence-corrected chi connectivity index (χ4v) is 2.34. The minimum Gasteiger partial charge on any atom is -0.469 e. The van der Waals surface area contributed by atoms with Gasteiger partial charge in [-0.2, -0.15) is 5.26 Å². The molecule has 0 heterocycles. The average molecular weight is 233 g/mol. The summed E-state index contributed by atoms with van der Waals surface area (Å²) in [5.41, 5.74) is 0. The number of nitrogens with zero attached hydrogens (tertiary/aromatic N) is 1. The third-order valence-corrected chi connectivity index (χ3v) is 4.26. The van der Waals surface area contributed by atoms with E-state index in [1.165, 1.54) is 14.0 Å². The van der Waals surface area contributed by atoms with E-state index in [1.54, 1.807) is 0 Å². The fraction of sp³-hybridized carbons (Fsp3) is 0.778. The summed E-state index contributed by atoms with van der Waals surface area (Å²) < 4.78 is 27.5. The van der Waals surface area contributed by atoms with Crippen molar-refractivity contribution in [3.8, 4) is 6.07 Å². The molecule has 0 aliphatic carbocycles. The van der Waals surface area contributed by atoms with Crippen LogP contribution in [-0.4, -0.2) is 32.5 Å². The smallest absolute Gasteiger partial charge is 0.306 e. The Morgan fingerprint density at radius 1 is 1.53 bits per heavy atom. The molecule has 0 aliphatic heterocycles. The van der Waals surface area contributed by atoms with E-state index in [1.807, 2.05) is 6.07 Å². The Labute approximate surface area is 90.0 Å². The van der Waals surface area contributed by atoms with Crippen LogP contribution in [-0.2, 0) is 19.4 Å². The zero-order valence-electron chi connectivity index (χ0n) is 8.89. The number of nitriles is 1. The Morgan fingerprint density at radius 3 is 2.60 bits per heavy atom. The Bertz CT molecular complexity index is 342. The Balaban J connectivity index is 4.21. The molecule has 6 heteroatoms. The largest absolute Gasteiger partial charge is 0.469 e. The maximum Gasteiger partial charge on any atom is 0.306 e. The van der Waals surface area contributed by atoms with E-state index in [0.29, 0.717) is 6.42 Å². The van der Waals surface area contributed by atoms with Gasteiger partial charge in [0.05, 0.1) is 30.6 Å². The maximum absolute atomic E-state index is 11.5. The summed E-state index contributed by atoms with van der Waals surface area (Å²) in [5, 5.41) is 7.52. The van der Waals surface area contributed by atoms with Crippen molar-refractivity contribution in [3.63, 3.8) is 0 Å². The van der Waals surface area contributed by atoms with Crippen LogP contribution in [0.2, 0.25) is 0 Å². The van der Waals surface area contributed by atoms with Gasteiger partial charge in [0.25, 0.3) is 0 Å². The summed E-state index contributed by atoms with van der Waals surface area (Å²) in [6, 6.07) is 1.88. The summed E-state index contributed by atoms with van der Waals surface area (Å²) >= 11 is 0. The Kier molecular flexibility index (Phi) is 5.94. The average Bonchev–Trinajstić information content (AvgIpc) is 2.17. The second-order valence-electron chi connectivity index (χ2n) is 3.22. The first-order valence-corrected chi connectivity index (χ1v) is 6.31. The van der Waals surface area contributed by atoms with Gasteiger partial charge in [0, 0.05) is 6.42 Å². The number of hydrogen-bond acceptors (Lipinski definition) is 5. The third kappa shape index (κ3) is 5.37. The molecule has 0 radical (unpaired) electrons. The van der Waals surface area contributed by atoms with Crippen LogP contribution in [0.15, 0.2) is 0 Å². The van der Waals surface area contributed by atoms with Gasteiger partial charge in [-0.15, -0.1) is 0 Å². The zero-order chi connectivity index (χ0) is 11.9. The summed E-state index contributed by atoms with van der Waals surface area (Å²) in [7, 11) is -2.07. The molecule has 5 nitrogen and oxygen atoms in total. The number of carbonyl (C=O) groups excluding carboxylic acids is 1. The highest BCUT2D eigenvalue weighted by atomic mass is 32.2. The van der Waals surface area contributed by atoms with Crippen LogP contribution >= 0.6 is 0 Å². The number of sulfone groups is 1. The molecule has 15 heavy (non-hydrogen) atoms. The molecule has 0 spiro atoms. The molecular formula is C9H15NO4S. The number of hydrogen-bond donors (Lipinski definition) is 0. The van der Waals surface area contributed by atoms with E-state index in [9.17, 15) is 13.2 Å². The number of rotatable bonds is 6. The van der Waals surface area contributed by atoms with Crippen molar-refractivity contribution < 1.29 is 17.9 Å². The van der Waals surface area contributed by atoms with Gasteiger partial charge >= 0.3 is 5.97 Å². The molecule has 0 bridgehead atoms. The molecule has 0 aromatic carbocycles. The van der Waals surface area contributed by atoms with Gasteiger partial charge in [-0.05, 0) is 13.3 Å². The van der Waals surface area contributed by atoms with E-state index < -0.39 is 21.1 Å². The van der Waals surface area contributed by atoms with Crippen molar-refractivity contribution in [2.75, 3.05) is 12.9 Å². The van der Waals surface area contributed by atoms with E-state index in [0.717, 1.165) is 0 Å². The number of methoxy groups -OCH3 is 1. The molecule has 0 N–H and O–H groups in total. The van der Waals surface area contributed by atoms with Crippen molar-refractivity contribution in [3.05, 3.63) is 0 Å². The monoisotopic (exact) mass is 233 g/mol. The highest BCUT2D eigenvalue weighted by Crippen LogP contribution is 2.09. The predicted molar refractivity (Wildman–Crippen MR) is 54.7 cm³/mol. The van der Waals surface area contributed by atoms with Crippen LogP contribution in [0.1, 0.15) is 26.2 Å². The lowest BCUT2D eigenvalue weighted by Gasteiger charge is -2.10. The van der Waals surface area contributed by atoms with Gasteiger partial charge in [-0.1, -0.05) is 0 Å². The highest BCUT2D eigenvalue weighted by Gasteiger charge is 2.23. The lowest BCUT2D eigenvalue weighted by atomic mass is 10.3. The fourth-order valence-electron chi connectivity index (χ4n) is 0.999. The maximum atomic E-state index is 11.5. The van der Waals surface area contributed by atoms with Crippen LogP contribution in [0.5, 0.6) is 0 Å². The Hall–Kier alpha value is -1.09. The molecule has 0 aliphatic rings. The van der Waals surface area contributed by atoms with E-state index in [2.05, 4.69) is 4.74 Å². The van der Waals surface area contributed by atoms with Crippen LogP contribution in [0.25, 0.3) is 0 Å². The molecule has 0 aromatic rings. The first kappa shape index (κ1) is 13.9. The molecule has 86 valence electrons. The molecule has 1 unspecified atom stereocenters.